The van der Waals surface area contributed by atoms with E-state index in [4.69, 9.17) is 14.2 Å². The smallest absolute Gasteiger partial charge is 0.343 e. The van der Waals surface area contributed by atoms with E-state index < -0.39 is 17.8 Å². The van der Waals surface area contributed by atoms with Crippen LogP contribution in [0.1, 0.15) is 21.5 Å². The summed E-state index contributed by atoms with van der Waals surface area (Å²) in [4.78, 5) is 36.6. The van der Waals surface area contributed by atoms with Gasteiger partial charge in [-0.15, -0.1) is 0 Å². The minimum atomic E-state index is -0.976. The number of benzene rings is 3. The van der Waals surface area contributed by atoms with Crippen molar-refractivity contribution in [1.82, 2.24) is 5.43 Å². The molecular formula is C25H23N3O6. The quantitative estimate of drug-likeness (QED) is 0.183. The Labute approximate surface area is 196 Å². The lowest BCUT2D eigenvalue weighted by molar-refractivity contribution is -0.136. The van der Waals surface area contributed by atoms with Crippen molar-refractivity contribution in [3.63, 3.8) is 0 Å². The zero-order chi connectivity index (χ0) is 24.5. The number of hydrogen-bond donors (Lipinski definition) is 2. The maximum atomic E-state index is 12.4. The topological polar surface area (TPSA) is 115 Å². The van der Waals surface area contributed by atoms with Gasteiger partial charge in [0.25, 0.3) is 0 Å². The van der Waals surface area contributed by atoms with Crippen LogP contribution in [0.25, 0.3) is 0 Å². The fraction of sp³-hybridized carbons (Fsp3) is 0.120. The van der Waals surface area contributed by atoms with Crippen LogP contribution in [0.5, 0.6) is 17.2 Å². The molecule has 0 spiro atoms. The highest BCUT2D eigenvalue weighted by molar-refractivity contribution is 6.39. The van der Waals surface area contributed by atoms with Crippen molar-refractivity contribution in [1.29, 1.82) is 0 Å². The molecule has 0 aliphatic rings. The molecule has 0 heterocycles. The van der Waals surface area contributed by atoms with Crippen molar-refractivity contribution in [2.75, 3.05) is 19.5 Å². The van der Waals surface area contributed by atoms with Crippen LogP contribution in [0.3, 0.4) is 0 Å². The molecule has 0 aliphatic heterocycles. The number of aryl methyl sites for hydroxylation is 1. The molecule has 34 heavy (non-hydrogen) atoms. The Morgan fingerprint density at radius 3 is 2.38 bits per heavy atom. The van der Waals surface area contributed by atoms with Gasteiger partial charge in [0.2, 0.25) is 0 Å². The number of ether oxygens (including phenoxy) is 3. The number of rotatable bonds is 7. The van der Waals surface area contributed by atoms with Crippen LogP contribution in [-0.4, -0.2) is 38.2 Å². The average Bonchev–Trinajstić information content (AvgIpc) is 2.84. The van der Waals surface area contributed by atoms with Gasteiger partial charge < -0.3 is 19.5 Å². The number of methoxy groups -OCH3 is 2. The monoisotopic (exact) mass is 461 g/mol. The Balaban J connectivity index is 1.59. The number of anilines is 1. The fourth-order valence-corrected chi connectivity index (χ4v) is 2.92. The lowest BCUT2D eigenvalue weighted by Crippen LogP contribution is -2.32. The van der Waals surface area contributed by atoms with Gasteiger partial charge >= 0.3 is 17.8 Å². The van der Waals surface area contributed by atoms with Gasteiger partial charge in [-0.3, -0.25) is 9.59 Å². The van der Waals surface area contributed by atoms with E-state index in [-0.39, 0.29) is 0 Å². The second-order valence-corrected chi connectivity index (χ2v) is 7.00. The van der Waals surface area contributed by atoms with Crippen molar-refractivity contribution in [3.05, 3.63) is 83.4 Å². The maximum Gasteiger partial charge on any atom is 0.343 e. The molecule has 0 saturated heterocycles. The van der Waals surface area contributed by atoms with Crippen LogP contribution in [0.15, 0.2) is 71.8 Å². The third kappa shape index (κ3) is 6.19. The zero-order valence-electron chi connectivity index (χ0n) is 18.8. The molecule has 9 nitrogen and oxygen atoms in total. The number of nitrogens with zero attached hydrogens (tertiary/aromatic N) is 1. The molecule has 0 radical (unpaired) electrons. The minimum Gasteiger partial charge on any atom is -0.497 e. The Kier molecular flexibility index (Phi) is 7.96. The van der Waals surface area contributed by atoms with E-state index in [1.807, 2.05) is 19.1 Å². The summed E-state index contributed by atoms with van der Waals surface area (Å²) in [7, 11) is 2.93. The Morgan fingerprint density at radius 2 is 1.65 bits per heavy atom. The lowest BCUT2D eigenvalue weighted by Gasteiger charge is -2.10. The van der Waals surface area contributed by atoms with Crippen molar-refractivity contribution in [2.45, 2.75) is 6.92 Å². The summed E-state index contributed by atoms with van der Waals surface area (Å²) in [5.74, 6) is -1.20. The molecule has 0 aromatic heterocycles. The molecule has 2 amide bonds. The number of carbonyl (C=O) groups is 3. The van der Waals surface area contributed by atoms with Crippen LogP contribution in [0.4, 0.5) is 5.69 Å². The number of amides is 2. The molecule has 3 aromatic rings. The van der Waals surface area contributed by atoms with E-state index in [0.29, 0.717) is 34.1 Å². The summed E-state index contributed by atoms with van der Waals surface area (Å²) in [5.41, 5.74) is 4.27. The molecule has 0 bridgehead atoms. The summed E-state index contributed by atoms with van der Waals surface area (Å²) in [6, 6.07) is 18.4. The van der Waals surface area contributed by atoms with Gasteiger partial charge in [0, 0.05) is 6.07 Å². The third-order valence-electron chi connectivity index (χ3n) is 4.68. The van der Waals surface area contributed by atoms with Crippen LogP contribution < -0.4 is 25.0 Å². The van der Waals surface area contributed by atoms with Crippen molar-refractivity contribution in [2.24, 2.45) is 5.10 Å². The predicted molar refractivity (Wildman–Crippen MR) is 126 cm³/mol. The fourth-order valence-electron chi connectivity index (χ4n) is 2.92. The molecule has 2 N–H and O–H groups in total. The largest absolute Gasteiger partial charge is 0.497 e. The second-order valence-electron chi connectivity index (χ2n) is 7.00. The first kappa shape index (κ1) is 24.0. The van der Waals surface area contributed by atoms with E-state index in [0.717, 1.165) is 5.56 Å². The third-order valence-corrected chi connectivity index (χ3v) is 4.68. The van der Waals surface area contributed by atoms with Crippen molar-refractivity contribution in [3.8, 4) is 17.2 Å². The van der Waals surface area contributed by atoms with Gasteiger partial charge in [0.05, 0.1) is 31.7 Å². The van der Waals surface area contributed by atoms with Gasteiger partial charge in [-0.25, -0.2) is 10.2 Å². The van der Waals surface area contributed by atoms with E-state index in [1.165, 1.54) is 20.4 Å². The first-order valence-corrected chi connectivity index (χ1v) is 10.2. The van der Waals surface area contributed by atoms with Crippen LogP contribution >= 0.6 is 0 Å². The summed E-state index contributed by atoms with van der Waals surface area (Å²) < 4.78 is 15.7. The summed E-state index contributed by atoms with van der Waals surface area (Å²) in [6.45, 7) is 1.82. The number of esters is 1. The Bertz CT molecular complexity index is 1240. The van der Waals surface area contributed by atoms with Crippen molar-refractivity contribution >= 4 is 29.7 Å². The van der Waals surface area contributed by atoms with E-state index in [1.54, 1.807) is 54.6 Å². The predicted octanol–water partition coefficient (Wildman–Crippen LogP) is 3.32. The molecule has 0 aliphatic carbocycles. The van der Waals surface area contributed by atoms with Crippen LogP contribution in [0, 0.1) is 6.92 Å². The number of carbonyl (C=O) groups excluding carboxylic acids is 3. The first-order chi connectivity index (χ1) is 16.4. The van der Waals surface area contributed by atoms with Gasteiger partial charge in [0.15, 0.2) is 0 Å². The summed E-state index contributed by atoms with van der Waals surface area (Å²) >= 11 is 0. The standard InChI is InChI=1S/C25H23N3O6/c1-16-7-4-5-10-20(16)25(31)34-19-9-6-8-17(13-19)15-26-28-24(30)23(29)27-21-12-11-18(32-2)14-22(21)33-3/h4-15H,1-3H3,(H,27,29)(H,28,30)/b26-15+. The van der Waals surface area contributed by atoms with Gasteiger partial charge in [-0.1, -0.05) is 30.3 Å². The highest BCUT2D eigenvalue weighted by atomic mass is 16.5. The number of hydrazone groups is 1. The highest BCUT2D eigenvalue weighted by Crippen LogP contribution is 2.28. The SMILES string of the molecule is COc1ccc(NC(=O)C(=O)N/N=C/c2cccc(OC(=O)c3ccccc3C)c2)c(OC)c1. The van der Waals surface area contributed by atoms with Crippen LogP contribution in [0.2, 0.25) is 0 Å². The number of nitrogens with one attached hydrogen (secondary N) is 2. The molecule has 0 atom stereocenters. The Morgan fingerprint density at radius 1 is 0.853 bits per heavy atom. The normalized spacial score (nSPS) is 10.4. The van der Waals surface area contributed by atoms with E-state index in [2.05, 4.69) is 15.8 Å². The van der Waals surface area contributed by atoms with E-state index >= 15 is 0 Å². The molecule has 0 fully saturated rings. The van der Waals surface area contributed by atoms with Crippen LogP contribution in [-0.2, 0) is 9.59 Å². The van der Waals surface area contributed by atoms with E-state index in [9.17, 15) is 14.4 Å². The number of hydrogen-bond acceptors (Lipinski definition) is 7. The lowest BCUT2D eigenvalue weighted by atomic mass is 10.1. The van der Waals surface area contributed by atoms with Gasteiger partial charge in [0.1, 0.15) is 17.2 Å². The first-order valence-electron chi connectivity index (χ1n) is 10.2. The van der Waals surface area contributed by atoms with Gasteiger partial charge in [-0.2, -0.15) is 5.10 Å². The van der Waals surface area contributed by atoms with Gasteiger partial charge in [-0.05, 0) is 48.4 Å². The summed E-state index contributed by atoms with van der Waals surface area (Å²) in [6.07, 6.45) is 1.32. The van der Waals surface area contributed by atoms with Crippen molar-refractivity contribution < 1.29 is 28.6 Å². The molecule has 0 saturated carbocycles. The summed E-state index contributed by atoms with van der Waals surface area (Å²) in [5, 5.41) is 6.24. The molecular weight excluding hydrogens is 438 g/mol. The average molecular weight is 461 g/mol. The maximum absolute atomic E-state index is 12.4. The zero-order valence-corrected chi connectivity index (χ0v) is 18.8. The second kappa shape index (κ2) is 11.3. The Hall–Kier alpha value is -4.66. The highest BCUT2D eigenvalue weighted by Gasteiger charge is 2.16. The molecule has 174 valence electrons. The molecule has 3 rings (SSSR count). The molecule has 9 heteroatoms. The minimum absolute atomic E-state index is 0.301. The molecule has 3 aromatic carbocycles. The molecule has 0 unspecified atom stereocenters.